The second-order valence-corrected chi connectivity index (χ2v) is 8.26. The van der Waals surface area contributed by atoms with Crippen molar-refractivity contribution in [2.45, 2.75) is 13.8 Å². The number of nitrogens with zero attached hydrogens (tertiary/aromatic N) is 2. The van der Waals surface area contributed by atoms with E-state index >= 15 is 0 Å². The number of halogens is 3. The molecule has 0 spiro atoms. The average Bonchev–Trinajstić information content (AvgIpc) is 2.87. The lowest BCUT2D eigenvalue weighted by Gasteiger charge is -2.13. The van der Waals surface area contributed by atoms with Crippen LogP contribution >= 0.6 is 47.8 Å². The van der Waals surface area contributed by atoms with Crippen LogP contribution in [0.1, 0.15) is 19.4 Å². The number of hydrazone groups is 1. The van der Waals surface area contributed by atoms with Gasteiger partial charge in [0.1, 0.15) is 5.75 Å². The predicted octanol–water partition coefficient (Wildman–Crippen LogP) is 6.18. The van der Waals surface area contributed by atoms with E-state index in [4.69, 9.17) is 4.74 Å². The Morgan fingerprint density at radius 3 is 2.46 bits per heavy atom. The highest BCUT2D eigenvalue weighted by molar-refractivity contribution is 9.11. The lowest BCUT2D eigenvalue weighted by Crippen LogP contribution is -2.21. The Bertz CT molecular complexity index is 921. The summed E-state index contributed by atoms with van der Waals surface area (Å²) in [5, 5.41) is 5.84. The molecule has 0 unspecified atom stereocenters. The predicted molar refractivity (Wildman–Crippen MR) is 116 cm³/mol. The fraction of sp³-hybridized carbons (Fsp3) is 0.158. The van der Waals surface area contributed by atoms with Gasteiger partial charge in [0.05, 0.1) is 28.1 Å². The molecule has 2 aromatic carbocycles. The van der Waals surface area contributed by atoms with Gasteiger partial charge in [-0.3, -0.25) is 4.79 Å². The molecule has 0 saturated heterocycles. The maximum atomic E-state index is 12.9. The van der Waals surface area contributed by atoms with Crippen LogP contribution in [0, 0.1) is 0 Å². The monoisotopic (exact) mass is 540 g/mol. The number of anilines is 1. The third-order valence-corrected chi connectivity index (χ3v) is 5.33. The van der Waals surface area contributed by atoms with Gasteiger partial charge in [-0.05, 0) is 72.3 Å². The Labute approximate surface area is 177 Å². The summed E-state index contributed by atoms with van der Waals surface area (Å²) < 4.78 is 8.41. The molecule has 1 aliphatic rings. The number of benzene rings is 2. The lowest BCUT2D eigenvalue weighted by atomic mass is 10.1. The first kappa shape index (κ1) is 19.3. The SMILES string of the molecule is CCOc1c(Br)cc(Br)cc1/C=C1/C(=O)N(c2ccc(Br)cc2)N=C1C. The molecule has 1 heterocycles. The summed E-state index contributed by atoms with van der Waals surface area (Å²) in [6, 6.07) is 11.3. The summed E-state index contributed by atoms with van der Waals surface area (Å²) in [4.78, 5) is 12.9. The van der Waals surface area contributed by atoms with E-state index < -0.39 is 0 Å². The minimum atomic E-state index is -0.164. The smallest absolute Gasteiger partial charge is 0.280 e. The van der Waals surface area contributed by atoms with Crippen molar-refractivity contribution in [3.63, 3.8) is 0 Å². The van der Waals surface area contributed by atoms with Crippen LogP contribution in [-0.4, -0.2) is 18.2 Å². The van der Waals surface area contributed by atoms with Crippen molar-refractivity contribution in [1.82, 2.24) is 0 Å². The van der Waals surface area contributed by atoms with Crippen LogP contribution in [0.25, 0.3) is 6.08 Å². The highest BCUT2D eigenvalue weighted by Gasteiger charge is 2.29. The Hall–Kier alpha value is -1.44. The van der Waals surface area contributed by atoms with Crippen LogP contribution in [0.4, 0.5) is 5.69 Å². The minimum Gasteiger partial charge on any atom is -0.492 e. The Morgan fingerprint density at radius 2 is 1.81 bits per heavy atom. The molecular weight excluding hydrogens is 528 g/mol. The molecule has 2 aromatic rings. The van der Waals surface area contributed by atoms with Gasteiger partial charge < -0.3 is 4.74 Å². The Morgan fingerprint density at radius 1 is 1.12 bits per heavy atom. The largest absolute Gasteiger partial charge is 0.492 e. The number of carbonyl (C=O) groups is 1. The highest BCUT2D eigenvalue weighted by atomic mass is 79.9. The van der Waals surface area contributed by atoms with E-state index in [1.54, 1.807) is 0 Å². The molecule has 1 aliphatic heterocycles. The highest BCUT2D eigenvalue weighted by Crippen LogP contribution is 2.35. The zero-order valence-electron chi connectivity index (χ0n) is 14.1. The standard InChI is InChI=1S/C19H15Br3N2O2/c1-3-26-18-12(8-14(21)10-17(18)22)9-16-11(2)23-24(19(16)25)15-6-4-13(20)5-7-15/h4-10H,3H2,1-2H3/b16-9+. The van der Waals surface area contributed by atoms with Crippen molar-refractivity contribution in [3.8, 4) is 5.75 Å². The lowest BCUT2D eigenvalue weighted by molar-refractivity contribution is -0.114. The first-order valence-corrected chi connectivity index (χ1v) is 10.3. The van der Waals surface area contributed by atoms with Crippen molar-refractivity contribution in [3.05, 3.63) is 61.0 Å². The third-order valence-electron chi connectivity index (χ3n) is 3.76. The van der Waals surface area contributed by atoms with Crippen molar-refractivity contribution >= 4 is 71.2 Å². The molecule has 0 radical (unpaired) electrons. The van der Waals surface area contributed by atoms with Crippen LogP contribution in [0.2, 0.25) is 0 Å². The third kappa shape index (κ3) is 3.94. The molecule has 3 rings (SSSR count). The molecule has 0 bridgehead atoms. The van der Waals surface area contributed by atoms with Gasteiger partial charge in [-0.2, -0.15) is 10.1 Å². The van der Waals surface area contributed by atoms with Gasteiger partial charge in [-0.15, -0.1) is 0 Å². The second-order valence-electron chi connectivity index (χ2n) is 5.58. The second kappa shape index (κ2) is 8.06. The van der Waals surface area contributed by atoms with E-state index in [0.717, 1.165) is 24.7 Å². The maximum absolute atomic E-state index is 12.9. The van der Waals surface area contributed by atoms with Crippen molar-refractivity contribution in [2.75, 3.05) is 11.6 Å². The first-order chi connectivity index (χ1) is 12.4. The van der Waals surface area contributed by atoms with E-state index in [0.29, 0.717) is 23.6 Å². The van der Waals surface area contributed by atoms with E-state index in [1.807, 2.05) is 56.3 Å². The Kier molecular flexibility index (Phi) is 5.99. The van der Waals surface area contributed by atoms with Gasteiger partial charge in [0.2, 0.25) is 0 Å². The molecule has 0 aliphatic carbocycles. The van der Waals surface area contributed by atoms with Gasteiger partial charge in [-0.1, -0.05) is 31.9 Å². The van der Waals surface area contributed by atoms with Gasteiger partial charge in [0.25, 0.3) is 5.91 Å². The number of ether oxygens (including phenoxy) is 1. The zero-order valence-corrected chi connectivity index (χ0v) is 18.9. The van der Waals surface area contributed by atoms with Crippen LogP contribution in [-0.2, 0) is 4.79 Å². The molecule has 0 atom stereocenters. The quantitative estimate of drug-likeness (QED) is 0.433. The Balaban J connectivity index is 2.01. The van der Waals surface area contributed by atoms with Crippen LogP contribution in [0.15, 0.2) is 60.5 Å². The van der Waals surface area contributed by atoms with E-state index in [-0.39, 0.29) is 5.91 Å². The fourth-order valence-corrected chi connectivity index (χ4v) is 4.22. The van der Waals surface area contributed by atoms with Crippen molar-refractivity contribution in [2.24, 2.45) is 5.10 Å². The van der Waals surface area contributed by atoms with Crippen LogP contribution in [0.3, 0.4) is 0 Å². The van der Waals surface area contributed by atoms with Crippen molar-refractivity contribution in [1.29, 1.82) is 0 Å². The summed E-state index contributed by atoms with van der Waals surface area (Å²) in [5.41, 5.74) is 2.74. The van der Waals surface area contributed by atoms with Crippen LogP contribution in [0.5, 0.6) is 5.75 Å². The number of carbonyl (C=O) groups excluding carboxylic acids is 1. The zero-order chi connectivity index (χ0) is 18.8. The average molecular weight is 543 g/mol. The molecule has 26 heavy (non-hydrogen) atoms. The molecular formula is C19H15Br3N2O2. The normalized spacial score (nSPS) is 15.6. The van der Waals surface area contributed by atoms with Crippen molar-refractivity contribution < 1.29 is 9.53 Å². The van der Waals surface area contributed by atoms with Gasteiger partial charge in [-0.25, -0.2) is 0 Å². The maximum Gasteiger partial charge on any atom is 0.280 e. The molecule has 0 saturated carbocycles. The topological polar surface area (TPSA) is 41.9 Å². The van der Waals surface area contributed by atoms with Gasteiger partial charge in [0, 0.05) is 14.5 Å². The molecule has 0 fully saturated rings. The molecule has 7 heteroatoms. The molecule has 0 aromatic heterocycles. The summed E-state index contributed by atoms with van der Waals surface area (Å²) in [6.45, 7) is 4.28. The molecule has 134 valence electrons. The molecule has 1 amide bonds. The summed E-state index contributed by atoms with van der Waals surface area (Å²) in [5.74, 6) is 0.536. The number of rotatable bonds is 4. The first-order valence-electron chi connectivity index (χ1n) is 7.90. The van der Waals surface area contributed by atoms with E-state index in [9.17, 15) is 4.79 Å². The van der Waals surface area contributed by atoms with Gasteiger partial charge >= 0.3 is 0 Å². The number of amides is 1. The molecule has 0 N–H and O–H groups in total. The van der Waals surface area contributed by atoms with E-state index in [1.165, 1.54) is 5.01 Å². The fourth-order valence-electron chi connectivity index (χ4n) is 2.58. The van der Waals surface area contributed by atoms with Crippen LogP contribution < -0.4 is 9.75 Å². The number of hydrogen-bond donors (Lipinski definition) is 0. The number of hydrogen-bond acceptors (Lipinski definition) is 3. The summed E-state index contributed by atoms with van der Waals surface area (Å²) >= 11 is 10.4. The summed E-state index contributed by atoms with van der Waals surface area (Å²) in [7, 11) is 0. The minimum absolute atomic E-state index is 0.164. The summed E-state index contributed by atoms with van der Waals surface area (Å²) in [6.07, 6.45) is 1.82. The van der Waals surface area contributed by atoms with Gasteiger partial charge in [0.15, 0.2) is 0 Å². The van der Waals surface area contributed by atoms with E-state index in [2.05, 4.69) is 52.9 Å². The molecule has 4 nitrogen and oxygen atoms in total.